The maximum atomic E-state index is 14.1. The third-order valence-electron chi connectivity index (χ3n) is 5.83. The van der Waals surface area contributed by atoms with E-state index in [1.165, 1.54) is 36.1 Å². The number of carbonyl (C=O) groups excluding carboxylic acids is 3. The van der Waals surface area contributed by atoms with E-state index in [1.807, 2.05) is 0 Å². The molecule has 1 amide bonds. The van der Waals surface area contributed by atoms with Crippen LogP contribution >= 0.6 is 0 Å². The second kappa shape index (κ2) is 10.0. The van der Waals surface area contributed by atoms with Crippen molar-refractivity contribution in [3.05, 3.63) is 59.7 Å². The standard InChI is InChI=1S/C24H26F3NO6/c1-15-13-18(14-28-20(15)19(34-22(28)31)12-8-7-9-16(2)29)33-21(30)23(32-3,24(25,26)27)17-10-5-4-6-11-17/h4-6,8,10-13,18-20H,7,9,14H2,1-3H3/b12-8+/t18-,19-,20+,23-/m1/s1. The summed E-state index contributed by atoms with van der Waals surface area (Å²) < 4.78 is 57.7. The van der Waals surface area contributed by atoms with Crippen molar-refractivity contribution in [1.29, 1.82) is 0 Å². The molecule has 34 heavy (non-hydrogen) atoms. The monoisotopic (exact) mass is 481 g/mol. The maximum absolute atomic E-state index is 14.1. The van der Waals surface area contributed by atoms with E-state index >= 15 is 0 Å². The zero-order valence-electron chi connectivity index (χ0n) is 19.0. The summed E-state index contributed by atoms with van der Waals surface area (Å²) in [5.41, 5.74) is -3.13. The Labute approximate surface area is 195 Å². The van der Waals surface area contributed by atoms with E-state index in [4.69, 9.17) is 14.2 Å². The Morgan fingerprint density at radius 2 is 1.91 bits per heavy atom. The van der Waals surface area contributed by atoms with Gasteiger partial charge < -0.3 is 19.0 Å². The summed E-state index contributed by atoms with van der Waals surface area (Å²) >= 11 is 0. The third-order valence-corrected chi connectivity index (χ3v) is 5.83. The van der Waals surface area contributed by atoms with Crippen LogP contribution in [0.25, 0.3) is 0 Å². The highest BCUT2D eigenvalue weighted by molar-refractivity contribution is 5.83. The van der Waals surface area contributed by atoms with Gasteiger partial charge in [-0.15, -0.1) is 0 Å². The van der Waals surface area contributed by atoms with Crippen molar-refractivity contribution in [2.45, 2.75) is 56.7 Å². The molecule has 7 nitrogen and oxygen atoms in total. The number of methoxy groups -OCH3 is 1. The Morgan fingerprint density at radius 1 is 1.24 bits per heavy atom. The Hall–Kier alpha value is -3.14. The number of ether oxygens (including phenoxy) is 3. The van der Waals surface area contributed by atoms with Gasteiger partial charge >= 0.3 is 18.2 Å². The molecule has 1 saturated heterocycles. The molecule has 0 aromatic heterocycles. The molecule has 184 valence electrons. The predicted molar refractivity (Wildman–Crippen MR) is 115 cm³/mol. The van der Waals surface area contributed by atoms with E-state index in [1.54, 1.807) is 19.1 Å². The van der Waals surface area contributed by atoms with Gasteiger partial charge in [0.2, 0.25) is 0 Å². The first-order valence-corrected chi connectivity index (χ1v) is 10.7. The number of benzene rings is 1. The fourth-order valence-electron chi connectivity index (χ4n) is 4.21. The topological polar surface area (TPSA) is 82.1 Å². The van der Waals surface area contributed by atoms with Crippen LogP contribution in [0.2, 0.25) is 0 Å². The Kier molecular flexibility index (Phi) is 7.50. The summed E-state index contributed by atoms with van der Waals surface area (Å²) in [6.45, 7) is 2.99. The van der Waals surface area contributed by atoms with Crippen molar-refractivity contribution in [3.63, 3.8) is 0 Å². The predicted octanol–water partition coefficient (Wildman–Crippen LogP) is 4.08. The number of cyclic esters (lactones) is 1. The van der Waals surface area contributed by atoms with Gasteiger partial charge in [0, 0.05) is 19.1 Å². The number of halogens is 3. The molecular weight excluding hydrogens is 455 g/mol. The number of ketones is 1. The van der Waals surface area contributed by atoms with Gasteiger partial charge in [0.1, 0.15) is 18.0 Å². The molecule has 0 bridgehead atoms. The first kappa shape index (κ1) is 25.5. The van der Waals surface area contributed by atoms with Crippen molar-refractivity contribution < 1.29 is 41.8 Å². The Balaban J connectivity index is 1.82. The summed E-state index contributed by atoms with van der Waals surface area (Å²) in [5, 5.41) is 0. The number of Topliss-reactive ketones (excluding diaryl/α,β-unsaturated/α-hetero) is 1. The van der Waals surface area contributed by atoms with Crippen molar-refractivity contribution in [3.8, 4) is 0 Å². The lowest BCUT2D eigenvalue weighted by molar-refractivity contribution is -0.277. The first-order valence-electron chi connectivity index (χ1n) is 10.7. The minimum absolute atomic E-state index is 0.0367. The average molecular weight is 481 g/mol. The number of carbonyl (C=O) groups is 3. The molecule has 4 atom stereocenters. The van der Waals surface area contributed by atoms with Crippen molar-refractivity contribution in [1.82, 2.24) is 4.90 Å². The molecule has 1 fully saturated rings. The minimum atomic E-state index is -5.10. The van der Waals surface area contributed by atoms with Crippen LogP contribution in [0.1, 0.15) is 32.3 Å². The van der Waals surface area contributed by atoms with E-state index in [-0.39, 0.29) is 12.3 Å². The molecule has 0 aliphatic carbocycles. The normalized spacial score (nSPS) is 24.3. The molecule has 0 N–H and O–H groups in total. The molecule has 2 heterocycles. The molecule has 0 saturated carbocycles. The van der Waals surface area contributed by atoms with Crippen LogP contribution in [0.3, 0.4) is 0 Å². The van der Waals surface area contributed by atoms with Crippen molar-refractivity contribution in [2.75, 3.05) is 13.7 Å². The van der Waals surface area contributed by atoms with Gasteiger partial charge in [-0.1, -0.05) is 36.4 Å². The zero-order valence-corrected chi connectivity index (χ0v) is 19.0. The molecule has 0 radical (unpaired) electrons. The van der Waals surface area contributed by atoms with Crippen LogP contribution < -0.4 is 0 Å². The summed E-state index contributed by atoms with van der Waals surface area (Å²) in [5.74, 6) is -1.59. The van der Waals surface area contributed by atoms with E-state index in [9.17, 15) is 27.6 Å². The van der Waals surface area contributed by atoms with E-state index < -0.39 is 47.7 Å². The number of nitrogens with zero attached hydrogens (tertiary/aromatic N) is 1. The second-order valence-electron chi connectivity index (χ2n) is 8.22. The van der Waals surface area contributed by atoms with Crippen LogP contribution in [0.5, 0.6) is 0 Å². The molecule has 0 spiro atoms. The van der Waals surface area contributed by atoms with Crippen molar-refractivity contribution in [2.24, 2.45) is 0 Å². The number of hydrogen-bond acceptors (Lipinski definition) is 6. The number of hydrogen-bond donors (Lipinski definition) is 0. The highest BCUT2D eigenvalue weighted by atomic mass is 19.4. The molecule has 10 heteroatoms. The Morgan fingerprint density at radius 3 is 2.50 bits per heavy atom. The van der Waals surface area contributed by atoms with Crippen LogP contribution in [0, 0.1) is 0 Å². The number of rotatable bonds is 8. The Bertz CT molecular complexity index is 990. The third kappa shape index (κ3) is 4.86. The second-order valence-corrected chi connectivity index (χ2v) is 8.22. The molecular formula is C24H26F3NO6. The molecule has 3 rings (SSSR count). The zero-order chi connectivity index (χ0) is 25.1. The summed E-state index contributed by atoms with van der Waals surface area (Å²) in [6.07, 6.45) is -1.71. The number of amides is 1. The number of esters is 1. The summed E-state index contributed by atoms with van der Waals surface area (Å²) in [7, 11) is 0.792. The largest absolute Gasteiger partial charge is 0.454 e. The van der Waals surface area contributed by atoms with Crippen LogP contribution in [-0.4, -0.2) is 60.8 Å². The van der Waals surface area contributed by atoms with Gasteiger partial charge in [0.05, 0.1) is 12.6 Å². The minimum Gasteiger partial charge on any atom is -0.454 e. The first-order chi connectivity index (χ1) is 16.0. The fraction of sp³-hybridized carbons (Fsp3) is 0.458. The lowest BCUT2D eigenvalue weighted by atomic mass is 9.92. The SMILES string of the molecule is CO[C@@](C(=O)O[C@@H]1C=C(C)[C@H]2[C@@H](/C=C/CCC(C)=O)OC(=O)N2C1)(c1ccccc1)C(F)(F)F. The number of fused-ring (bicyclic) bond motifs is 1. The molecule has 1 aromatic carbocycles. The quantitative estimate of drug-likeness (QED) is 0.411. The summed E-state index contributed by atoms with van der Waals surface area (Å²) in [4.78, 5) is 37.7. The van der Waals surface area contributed by atoms with Gasteiger partial charge in [-0.2, -0.15) is 13.2 Å². The maximum Gasteiger partial charge on any atom is 0.432 e. The van der Waals surface area contributed by atoms with Gasteiger partial charge in [0.25, 0.3) is 5.60 Å². The highest BCUT2D eigenvalue weighted by Gasteiger charge is 2.64. The van der Waals surface area contributed by atoms with E-state index in [0.29, 0.717) is 18.4 Å². The molecule has 1 aromatic rings. The molecule has 2 aliphatic rings. The lowest BCUT2D eigenvalue weighted by Gasteiger charge is -2.36. The lowest BCUT2D eigenvalue weighted by Crippen LogP contribution is -2.54. The van der Waals surface area contributed by atoms with Gasteiger partial charge in [-0.3, -0.25) is 4.90 Å². The fourth-order valence-corrected chi connectivity index (χ4v) is 4.21. The van der Waals surface area contributed by atoms with Gasteiger partial charge in [0.15, 0.2) is 0 Å². The van der Waals surface area contributed by atoms with Gasteiger partial charge in [-0.25, -0.2) is 9.59 Å². The number of allylic oxidation sites excluding steroid dienone is 1. The highest BCUT2D eigenvalue weighted by Crippen LogP contribution is 2.43. The summed E-state index contributed by atoms with van der Waals surface area (Å²) in [6, 6.07) is 6.03. The van der Waals surface area contributed by atoms with Crippen LogP contribution in [-0.2, 0) is 29.4 Å². The van der Waals surface area contributed by atoms with E-state index in [2.05, 4.69) is 0 Å². The van der Waals surface area contributed by atoms with Crippen LogP contribution in [0.4, 0.5) is 18.0 Å². The molecule has 0 unspecified atom stereocenters. The number of alkyl halides is 3. The van der Waals surface area contributed by atoms with Crippen LogP contribution in [0.15, 0.2) is 54.1 Å². The molecule has 2 aliphatic heterocycles. The van der Waals surface area contributed by atoms with Gasteiger partial charge in [-0.05, 0) is 38.0 Å². The van der Waals surface area contributed by atoms with Crippen molar-refractivity contribution >= 4 is 17.8 Å². The van der Waals surface area contributed by atoms with E-state index in [0.717, 1.165) is 19.2 Å². The average Bonchev–Trinajstić information content (AvgIpc) is 3.07. The smallest absolute Gasteiger partial charge is 0.432 e.